The topological polar surface area (TPSA) is 90.6 Å². The molecule has 2 amide bonds. The van der Waals surface area contributed by atoms with E-state index in [9.17, 15) is 9.59 Å². The summed E-state index contributed by atoms with van der Waals surface area (Å²) in [4.78, 5) is 24.9. The summed E-state index contributed by atoms with van der Waals surface area (Å²) in [5.74, 6) is 0.422. The molecule has 0 aliphatic heterocycles. The molecular weight excluding hydrogens is 328 g/mol. The number of nitrogens with one attached hydrogen (secondary N) is 1. The van der Waals surface area contributed by atoms with Gasteiger partial charge >= 0.3 is 0 Å². The van der Waals surface area contributed by atoms with E-state index < -0.39 is 5.91 Å². The van der Waals surface area contributed by atoms with Crippen molar-refractivity contribution in [1.82, 2.24) is 0 Å². The molecule has 7 heteroatoms. The van der Waals surface area contributed by atoms with Crippen LogP contribution in [-0.2, 0) is 11.2 Å². The van der Waals surface area contributed by atoms with Crippen LogP contribution in [0.5, 0.6) is 11.5 Å². The normalized spacial score (nSPS) is 10.3. The van der Waals surface area contributed by atoms with E-state index in [1.807, 2.05) is 13.8 Å². The number of amides is 2. The van der Waals surface area contributed by atoms with E-state index in [4.69, 9.17) is 15.2 Å². The number of aryl methyl sites for hydroxylation is 1. The molecular formula is C17H20N2O4S. The fourth-order valence-electron chi connectivity index (χ4n) is 2.35. The van der Waals surface area contributed by atoms with E-state index in [-0.39, 0.29) is 12.3 Å². The molecule has 128 valence electrons. The van der Waals surface area contributed by atoms with E-state index in [0.29, 0.717) is 22.1 Å². The van der Waals surface area contributed by atoms with Gasteiger partial charge in [-0.1, -0.05) is 6.07 Å². The molecule has 0 radical (unpaired) electrons. The molecule has 0 fully saturated rings. The van der Waals surface area contributed by atoms with Gasteiger partial charge in [-0.25, -0.2) is 0 Å². The maximum absolute atomic E-state index is 12.4. The van der Waals surface area contributed by atoms with Gasteiger partial charge in [0.25, 0.3) is 5.91 Å². The Labute approximate surface area is 144 Å². The molecule has 3 N–H and O–H groups in total. The highest BCUT2D eigenvalue weighted by Gasteiger charge is 2.19. The third kappa shape index (κ3) is 3.68. The first-order chi connectivity index (χ1) is 11.4. The molecule has 6 nitrogen and oxygen atoms in total. The minimum atomic E-state index is -0.547. The van der Waals surface area contributed by atoms with Crippen LogP contribution in [0.2, 0.25) is 0 Å². The number of benzene rings is 1. The standard InChI is InChI=1S/C17H20N2O4S/c1-9-10(2)24-17(15(9)16(18)21)19-14(20)7-11-5-6-12(22-3)8-13(11)23-4/h5-6,8H,7H2,1-4H3,(H2,18,21)(H,19,20). The van der Waals surface area contributed by atoms with Gasteiger partial charge in [-0.3, -0.25) is 9.59 Å². The molecule has 1 aromatic heterocycles. The lowest BCUT2D eigenvalue weighted by Crippen LogP contribution is -2.18. The van der Waals surface area contributed by atoms with Crippen LogP contribution in [-0.4, -0.2) is 26.0 Å². The average Bonchev–Trinajstić information content (AvgIpc) is 2.81. The van der Waals surface area contributed by atoms with E-state index >= 15 is 0 Å². The van der Waals surface area contributed by atoms with Gasteiger partial charge in [-0.05, 0) is 25.5 Å². The lowest BCUT2D eigenvalue weighted by Gasteiger charge is -2.10. The number of carbonyl (C=O) groups is 2. The summed E-state index contributed by atoms with van der Waals surface area (Å²) < 4.78 is 10.4. The number of hydrogen-bond donors (Lipinski definition) is 2. The van der Waals surface area contributed by atoms with E-state index in [2.05, 4.69) is 5.32 Å². The first kappa shape index (κ1) is 17.8. The van der Waals surface area contributed by atoms with E-state index in [1.165, 1.54) is 18.4 Å². The molecule has 0 unspecified atom stereocenters. The van der Waals surface area contributed by atoms with E-state index in [1.54, 1.807) is 25.3 Å². The molecule has 0 spiro atoms. The zero-order chi connectivity index (χ0) is 17.9. The molecule has 0 saturated carbocycles. The summed E-state index contributed by atoms with van der Waals surface area (Å²) in [5.41, 5.74) is 7.30. The van der Waals surface area contributed by atoms with Gasteiger partial charge in [-0.15, -0.1) is 11.3 Å². The lowest BCUT2D eigenvalue weighted by atomic mass is 10.1. The van der Waals surface area contributed by atoms with Crippen LogP contribution >= 0.6 is 11.3 Å². The number of thiophene rings is 1. The Morgan fingerprint density at radius 1 is 1.21 bits per heavy atom. The van der Waals surface area contributed by atoms with Gasteiger partial charge in [0.1, 0.15) is 16.5 Å². The van der Waals surface area contributed by atoms with Crippen molar-refractivity contribution >= 4 is 28.2 Å². The Morgan fingerprint density at radius 3 is 2.50 bits per heavy atom. The van der Waals surface area contributed by atoms with Crippen LogP contribution in [0.3, 0.4) is 0 Å². The highest BCUT2D eigenvalue weighted by molar-refractivity contribution is 7.16. The van der Waals surface area contributed by atoms with Crippen LogP contribution in [0.4, 0.5) is 5.00 Å². The summed E-state index contributed by atoms with van der Waals surface area (Å²) in [6, 6.07) is 5.26. The molecule has 2 rings (SSSR count). The minimum absolute atomic E-state index is 0.112. The summed E-state index contributed by atoms with van der Waals surface area (Å²) >= 11 is 1.34. The molecule has 0 aliphatic carbocycles. The second-order valence-electron chi connectivity index (χ2n) is 5.25. The van der Waals surface area contributed by atoms with Gasteiger partial charge in [0.15, 0.2) is 0 Å². The van der Waals surface area contributed by atoms with Gasteiger partial charge < -0.3 is 20.5 Å². The maximum Gasteiger partial charge on any atom is 0.251 e. The molecule has 1 aromatic carbocycles. The van der Waals surface area contributed by atoms with Crippen molar-refractivity contribution in [3.63, 3.8) is 0 Å². The quantitative estimate of drug-likeness (QED) is 0.840. The van der Waals surface area contributed by atoms with Crippen molar-refractivity contribution in [2.75, 3.05) is 19.5 Å². The maximum atomic E-state index is 12.4. The Kier molecular flexibility index (Phi) is 5.46. The van der Waals surface area contributed by atoms with E-state index in [0.717, 1.165) is 16.0 Å². The predicted molar refractivity (Wildman–Crippen MR) is 94.2 cm³/mol. The van der Waals surface area contributed by atoms with Crippen LogP contribution in [0, 0.1) is 13.8 Å². The molecule has 0 aliphatic rings. The number of carbonyl (C=O) groups excluding carboxylic acids is 2. The molecule has 24 heavy (non-hydrogen) atoms. The second kappa shape index (κ2) is 7.35. The Morgan fingerprint density at radius 2 is 1.92 bits per heavy atom. The second-order valence-corrected chi connectivity index (χ2v) is 6.48. The predicted octanol–water partition coefficient (Wildman–Crippen LogP) is 2.66. The van der Waals surface area contributed by atoms with Crippen molar-refractivity contribution in [3.8, 4) is 11.5 Å². The number of hydrogen-bond acceptors (Lipinski definition) is 5. The molecule has 0 saturated heterocycles. The van der Waals surface area contributed by atoms with Crippen LogP contribution in [0.1, 0.15) is 26.4 Å². The third-order valence-corrected chi connectivity index (χ3v) is 4.85. The largest absolute Gasteiger partial charge is 0.497 e. The first-order valence-corrected chi connectivity index (χ1v) is 8.09. The molecule has 2 aromatic rings. The number of anilines is 1. The number of methoxy groups -OCH3 is 2. The highest BCUT2D eigenvalue weighted by atomic mass is 32.1. The SMILES string of the molecule is COc1ccc(CC(=O)Nc2sc(C)c(C)c2C(N)=O)c(OC)c1. The minimum Gasteiger partial charge on any atom is -0.497 e. The highest BCUT2D eigenvalue weighted by Crippen LogP contribution is 2.32. The van der Waals surface area contributed by atoms with Gasteiger partial charge in [0, 0.05) is 16.5 Å². The van der Waals surface area contributed by atoms with Crippen molar-refractivity contribution in [2.45, 2.75) is 20.3 Å². The number of primary amides is 1. The van der Waals surface area contributed by atoms with Crippen molar-refractivity contribution in [2.24, 2.45) is 5.73 Å². The first-order valence-electron chi connectivity index (χ1n) is 7.28. The van der Waals surface area contributed by atoms with Crippen molar-refractivity contribution in [3.05, 3.63) is 39.8 Å². The average molecular weight is 348 g/mol. The summed E-state index contributed by atoms with van der Waals surface area (Å²) in [7, 11) is 3.10. The molecule has 1 heterocycles. The summed E-state index contributed by atoms with van der Waals surface area (Å²) in [6.45, 7) is 3.70. The van der Waals surface area contributed by atoms with Crippen molar-refractivity contribution in [1.29, 1.82) is 0 Å². The van der Waals surface area contributed by atoms with Crippen LogP contribution in [0.25, 0.3) is 0 Å². The zero-order valence-corrected chi connectivity index (χ0v) is 14.9. The van der Waals surface area contributed by atoms with Crippen LogP contribution < -0.4 is 20.5 Å². The zero-order valence-electron chi connectivity index (χ0n) is 14.1. The molecule has 0 bridgehead atoms. The number of rotatable bonds is 6. The Bertz CT molecular complexity index is 783. The Balaban J connectivity index is 2.20. The van der Waals surface area contributed by atoms with Gasteiger partial charge in [-0.2, -0.15) is 0 Å². The Hall–Kier alpha value is -2.54. The number of ether oxygens (including phenoxy) is 2. The summed E-state index contributed by atoms with van der Waals surface area (Å²) in [5, 5.41) is 3.26. The van der Waals surface area contributed by atoms with Crippen molar-refractivity contribution < 1.29 is 19.1 Å². The fraction of sp³-hybridized carbons (Fsp3) is 0.294. The third-order valence-electron chi connectivity index (χ3n) is 3.73. The fourth-order valence-corrected chi connectivity index (χ4v) is 3.44. The van der Waals surface area contributed by atoms with Gasteiger partial charge in [0.2, 0.25) is 5.91 Å². The van der Waals surface area contributed by atoms with Crippen LogP contribution in [0.15, 0.2) is 18.2 Å². The smallest absolute Gasteiger partial charge is 0.251 e. The number of nitrogens with two attached hydrogens (primary N) is 1. The lowest BCUT2D eigenvalue weighted by molar-refractivity contribution is -0.115. The van der Waals surface area contributed by atoms with Gasteiger partial charge in [0.05, 0.1) is 26.2 Å². The summed E-state index contributed by atoms with van der Waals surface area (Å²) in [6.07, 6.45) is 0.112. The molecule has 0 atom stereocenters. The monoisotopic (exact) mass is 348 g/mol.